The molecule has 6 nitrogen and oxygen atoms in total. The Balaban J connectivity index is 2.21. The fourth-order valence-corrected chi connectivity index (χ4v) is 3.43. The normalized spacial score (nSPS) is 13.1. The maximum absolute atomic E-state index is 12.1. The molecule has 0 saturated carbocycles. The van der Waals surface area contributed by atoms with Gasteiger partial charge in [-0.2, -0.15) is 0 Å². The molecule has 0 aliphatic rings. The number of benzene rings is 3. The Morgan fingerprint density at radius 3 is 1.11 bits per heavy atom. The van der Waals surface area contributed by atoms with Crippen LogP contribution in [0.15, 0.2) is 91.0 Å². The second-order valence-electron chi connectivity index (χ2n) is 6.22. The Hall–Kier alpha value is -3.54. The van der Waals surface area contributed by atoms with Gasteiger partial charge in [0.25, 0.3) is 12.1 Å². The topological polar surface area (TPSA) is 86.3 Å². The minimum Gasteiger partial charge on any atom is -0.264 e. The largest absolute Gasteiger partial charge is 0.264 e. The highest BCUT2D eigenvalue weighted by molar-refractivity contribution is 5.31. The van der Waals surface area contributed by atoms with Gasteiger partial charge in [-0.25, -0.2) is 0 Å². The van der Waals surface area contributed by atoms with Crippen molar-refractivity contribution in [3.05, 3.63) is 128 Å². The molecular weight excluding hydrogens is 344 g/mol. The van der Waals surface area contributed by atoms with Crippen molar-refractivity contribution < 1.29 is 9.85 Å². The minimum absolute atomic E-state index is 0.424. The molecule has 2 atom stereocenters. The van der Waals surface area contributed by atoms with Gasteiger partial charge < -0.3 is 0 Å². The highest BCUT2D eigenvalue weighted by atomic mass is 16.6. The number of nitro groups is 2. The third-order valence-corrected chi connectivity index (χ3v) is 4.60. The zero-order valence-corrected chi connectivity index (χ0v) is 14.4. The molecule has 0 fully saturated rings. The van der Waals surface area contributed by atoms with Gasteiger partial charge in [0.15, 0.2) is 0 Å². The van der Waals surface area contributed by atoms with E-state index in [0.717, 1.165) is 0 Å². The summed E-state index contributed by atoms with van der Waals surface area (Å²) in [5.74, 6) is -0.957. The van der Waals surface area contributed by atoms with E-state index in [4.69, 9.17) is 0 Å². The monoisotopic (exact) mass is 362 g/mol. The molecule has 0 aromatic heterocycles. The van der Waals surface area contributed by atoms with Crippen molar-refractivity contribution >= 4 is 0 Å². The molecule has 0 spiro atoms. The predicted octanol–water partition coefficient (Wildman–Crippen LogP) is 4.81. The van der Waals surface area contributed by atoms with Crippen LogP contribution in [0.5, 0.6) is 0 Å². The van der Waals surface area contributed by atoms with Crippen LogP contribution in [0.3, 0.4) is 0 Å². The molecule has 0 saturated heterocycles. The van der Waals surface area contributed by atoms with Crippen LogP contribution in [-0.4, -0.2) is 9.85 Å². The van der Waals surface area contributed by atoms with Gasteiger partial charge in [-0.05, 0) is 5.56 Å². The molecular formula is C21H18N2O4. The van der Waals surface area contributed by atoms with Crippen molar-refractivity contribution in [2.24, 2.45) is 0 Å². The van der Waals surface area contributed by atoms with Crippen LogP contribution >= 0.6 is 0 Å². The number of hydrogen-bond donors (Lipinski definition) is 0. The predicted molar refractivity (Wildman–Crippen MR) is 102 cm³/mol. The molecule has 0 amide bonds. The molecule has 6 heteroatoms. The first-order valence-corrected chi connectivity index (χ1v) is 8.51. The maximum Gasteiger partial charge on any atom is 0.251 e. The molecule has 0 aliphatic carbocycles. The molecule has 0 heterocycles. The zero-order chi connectivity index (χ0) is 19.2. The SMILES string of the molecule is O=[N+]([O-])[C@@H](c1ccccc1)C(c1ccccc1)[C@H](c1ccccc1)[N+](=O)[O-]. The van der Waals surface area contributed by atoms with Crippen LogP contribution in [-0.2, 0) is 0 Å². The van der Waals surface area contributed by atoms with Gasteiger partial charge in [0.05, 0.1) is 0 Å². The Kier molecular flexibility index (Phi) is 5.56. The fourth-order valence-electron chi connectivity index (χ4n) is 3.43. The summed E-state index contributed by atoms with van der Waals surface area (Å²) in [6.45, 7) is 0. The Bertz CT molecular complexity index is 844. The fraction of sp³-hybridized carbons (Fsp3) is 0.143. The molecule has 0 aliphatic heterocycles. The summed E-state index contributed by atoms with van der Waals surface area (Å²) in [4.78, 5) is 23.3. The summed E-state index contributed by atoms with van der Waals surface area (Å²) in [6, 6.07) is 23.1. The van der Waals surface area contributed by atoms with E-state index >= 15 is 0 Å². The van der Waals surface area contributed by atoms with Crippen molar-refractivity contribution in [1.82, 2.24) is 0 Å². The van der Waals surface area contributed by atoms with Gasteiger partial charge >= 0.3 is 0 Å². The Morgan fingerprint density at radius 1 is 0.519 bits per heavy atom. The molecule has 0 N–H and O–H groups in total. The lowest BCUT2D eigenvalue weighted by Crippen LogP contribution is -2.29. The Labute approximate surface area is 156 Å². The molecule has 3 rings (SSSR count). The van der Waals surface area contributed by atoms with E-state index in [-0.39, 0.29) is 0 Å². The molecule has 136 valence electrons. The third kappa shape index (κ3) is 4.00. The lowest BCUT2D eigenvalue weighted by atomic mass is 9.79. The standard InChI is InChI=1S/C21H18N2O4/c24-22(25)20(17-12-6-2-7-13-17)19(16-10-4-1-5-11-16)21(23(26)27)18-14-8-3-9-15-18/h1-15,19-21H/t20-,21-/m0/s1. The van der Waals surface area contributed by atoms with E-state index in [2.05, 4.69) is 0 Å². The summed E-state index contributed by atoms with van der Waals surface area (Å²) in [7, 11) is 0. The average Bonchev–Trinajstić information content (AvgIpc) is 2.69. The van der Waals surface area contributed by atoms with Gasteiger partial charge in [0.2, 0.25) is 0 Å². The van der Waals surface area contributed by atoms with Crippen molar-refractivity contribution in [2.75, 3.05) is 0 Å². The van der Waals surface area contributed by atoms with Gasteiger partial charge in [-0.1, -0.05) is 91.0 Å². The smallest absolute Gasteiger partial charge is 0.251 e. The van der Waals surface area contributed by atoms with Crippen LogP contribution in [0, 0.1) is 20.2 Å². The molecule has 0 unspecified atom stereocenters. The highest BCUT2D eigenvalue weighted by Crippen LogP contribution is 2.44. The van der Waals surface area contributed by atoms with Crippen molar-refractivity contribution in [2.45, 2.75) is 18.0 Å². The third-order valence-electron chi connectivity index (χ3n) is 4.60. The van der Waals surface area contributed by atoms with Crippen molar-refractivity contribution in [1.29, 1.82) is 0 Å². The van der Waals surface area contributed by atoms with Crippen molar-refractivity contribution in [3.63, 3.8) is 0 Å². The van der Waals surface area contributed by atoms with E-state index in [1.165, 1.54) is 0 Å². The van der Waals surface area contributed by atoms with Crippen LogP contribution < -0.4 is 0 Å². The number of hydrogen-bond acceptors (Lipinski definition) is 4. The maximum atomic E-state index is 12.1. The highest BCUT2D eigenvalue weighted by Gasteiger charge is 2.46. The first-order chi connectivity index (χ1) is 13.1. The van der Waals surface area contributed by atoms with E-state index in [9.17, 15) is 20.2 Å². The van der Waals surface area contributed by atoms with Gasteiger partial charge in [-0.3, -0.25) is 20.2 Å². The first-order valence-electron chi connectivity index (χ1n) is 8.51. The molecule has 27 heavy (non-hydrogen) atoms. The molecule has 3 aromatic rings. The van der Waals surface area contributed by atoms with Crippen molar-refractivity contribution in [3.8, 4) is 0 Å². The second kappa shape index (κ2) is 8.23. The van der Waals surface area contributed by atoms with E-state index < -0.39 is 27.8 Å². The summed E-state index contributed by atoms with van der Waals surface area (Å²) >= 11 is 0. The van der Waals surface area contributed by atoms with E-state index in [0.29, 0.717) is 16.7 Å². The van der Waals surface area contributed by atoms with Gasteiger partial charge in [0.1, 0.15) is 5.92 Å². The first kappa shape index (κ1) is 18.3. The quantitative estimate of drug-likeness (QED) is 0.446. The Morgan fingerprint density at radius 2 is 0.815 bits per heavy atom. The van der Waals surface area contributed by atoms with Crippen LogP contribution in [0.4, 0.5) is 0 Å². The number of rotatable bonds is 7. The molecule has 3 aromatic carbocycles. The second-order valence-corrected chi connectivity index (χ2v) is 6.22. The summed E-state index contributed by atoms with van der Waals surface area (Å²) in [6.07, 6.45) is 0. The van der Waals surface area contributed by atoms with E-state index in [1.54, 1.807) is 91.0 Å². The van der Waals surface area contributed by atoms with E-state index in [1.807, 2.05) is 0 Å². The zero-order valence-electron chi connectivity index (χ0n) is 14.4. The summed E-state index contributed by atoms with van der Waals surface area (Å²) < 4.78 is 0. The molecule has 0 radical (unpaired) electrons. The lowest BCUT2D eigenvalue weighted by Gasteiger charge is -2.25. The lowest BCUT2D eigenvalue weighted by molar-refractivity contribution is -0.575. The number of nitrogens with zero attached hydrogens (tertiary/aromatic N) is 2. The summed E-state index contributed by atoms with van der Waals surface area (Å²) in [5, 5.41) is 24.1. The van der Waals surface area contributed by atoms with Crippen LogP contribution in [0.1, 0.15) is 34.7 Å². The minimum atomic E-state index is -1.25. The van der Waals surface area contributed by atoms with Crippen LogP contribution in [0.25, 0.3) is 0 Å². The van der Waals surface area contributed by atoms with Crippen LogP contribution in [0.2, 0.25) is 0 Å². The average molecular weight is 362 g/mol. The van der Waals surface area contributed by atoms with Gasteiger partial charge in [0, 0.05) is 21.0 Å². The molecule has 0 bridgehead atoms. The van der Waals surface area contributed by atoms with Gasteiger partial charge in [-0.15, -0.1) is 0 Å². The summed E-state index contributed by atoms with van der Waals surface area (Å²) in [5.41, 5.74) is 1.45.